The van der Waals surface area contributed by atoms with Crippen LogP contribution in [0.15, 0.2) is 24.3 Å². The van der Waals surface area contributed by atoms with Gasteiger partial charge in [-0.3, -0.25) is 9.59 Å². The Hall–Kier alpha value is -2.04. The molecular formula is C14H18N2O3. The van der Waals surface area contributed by atoms with E-state index in [-0.39, 0.29) is 18.2 Å². The quantitative estimate of drug-likeness (QED) is 0.698. The van der Waals surface area contributed by atoms with Crippen molar-refractivity contribution in [2.75, 3.05) is 18.4 Å². The van der Waals surface area contributed by atoms with Crippen molar-refractivity contribution in [2.45, 2.75) is 19.3 Å². The van der Waals surface area contributed by atoms with E-state index in [1.54, 1.807) is 0 Å². The number of para-hydroxylation sites is 1. The molecule has 0 radical (unpaired) electrons. The Kier molecular flexibility index (Phi) is 4.39. The first kappa shape index (κ1) is 13.4. The van der Waals surface area contributed by atoms with E-state index in [1.807, 2.05) is 24.3 Å². The van der Waals surface area contributed by atoms with Gasteiger partial charge in [0, 0.05) is 25.2 Å². The highest BCUT2D eigenvalue weighted by atomic mass is 16.4. The molecule has 0 aromatic heterocycles. The fourth-order valence-electron chi connectivity index (χ4n) is 2.22. The Labute approximate surface area is 112 Å². The van der Waals surface area contributed by atoms with Gasteiger partial charge in [0.2, 0.25) is 5.91 Å². The number of carboxylic acids is 1. The number of amides is 1. The van der Waals surface area contributed by atoms with Crippen LogP contribution in [0.1, 0.15) is 18.4 Å². The van der Waals surface area contributed by atoms with Gasteiger partial charge in [0.15, 0.2) is 0 Å². The highest BCUT2D eigenvalue weighted by molar-refractivity contribution is 5.80. The highest BCUT2D eigenvalue weighted by Crippen LogP contribution is 2.24. The molecule has 1 unspecified atom stereocenters. The first-order chi connectivity index (χ1) is 9.16. The van der Waals surface area contributed by atoms with Crippen molar-refractivity contribution in [1.29, 1.82) is 0 Å². The molecule has 102 valence electrons. The predicted molar refractivity (Wildman–Crippen MR) is 72.0 cm³/mol. The highest BCUT2D eigenvalue weighted by Gasteiger charge is 2.23. The zero-order valence-corrected chi connectivity index (χ0v) is 10.7. The van der Waals surface area contributed by atoms with Crippen LogP contribution in [0.25, 0.3) is 0 Å². The molecule has 0 aliphatic carbocycles. The van der Waals surface area contributed by atoms with Gasteiger partial charge in [-0.15, -0.1) is 0 Å². The molecule has 1 aliphatic heterocycles. The lowest BCUT2D eigenvalue weighted by Gasteiger charge is -2.25. The second-order valence-corrected chi connectivity index (χ2v) is 4.73. The van der Waals surface area contributed by atoms with Crippen molar-refractivity contribution in [2.24, 2.45) is 5.92 Å². The monoisotopic (exact) mass is 262 g/mol. The minimum absolute atomic E-state index is 0.00704. The number of carbonyl (C=O) groups is 2. The smallest absolute Gasteiger partial charge is 0.303 e. The molecule has 0 bridgehead atoms. The summed E-state index contributed by atoms with van der Waals surface area (Å²) in [6.07, 6.45) is 1.29. The molecule has 19 heavy (non-hydrogen) atoms. The van der Waals surface area contributed by atoms with E-state index in [9.17, 15) is 9.59 Å². The number of rotatable bonds is 5. The van der Waals surface area contributed by atoms with Crippen LogP contribution in [0.2, 0.25) is 0 Å². The number of nitrogens with one attached hydrogen (secondary N) is 2. The Bertz CT molecular complexity index is 474. The largest absolute Gasteiger partial charge is 0.481 e. The molecule has 0 saturated carbocycles. The zero-order valence-electron chi connectivity index (χ0n) is 10.7. The second kappa shape index (κ2) is 6.22. The number of anilines is 1. The van der Waals surface area contributed by atoms with E-state index in [2.05, 4.69) is 10.6 Å². The standard InChI is InChI=1S/C14H18N2O3/c17-13(18)6-3-7-15-14(19)11-8-10-4-1-2-5-12(10)16-9-11/h1-2,4-5,11,16H,3,6-9H2,(H,15,19)(H,17,18). The molecule has 2 rings (SSSR count). The number of fused-ring (bicyclic) bond motifs is 1. The Morgan fingerprint density at radius 2 is 2.16 bits per heavy atom. The van der Waals surface area contributed by atoms with Crippen LogP contribution >= 0.6 is 0 Å². The zero-order chi connectivity index (χ0) is 13.7. The Balaban J connectivity index is 1.80. The van der Waals surface area contributed by atoms with Crippen molar-refractivity contribution < 1.29 is 14.7 Å². The first-order valence-corrected chi connectivity index (χ1v) is 6.48. The molecule has 1 atom stereocenters. The molecule has 1 aromatic carbocycles. The molecule has 5 nitrogen and oxygen atoms in total. The van der Waals surface area contributed by atoms with Crippen molar-refractivity contribution in [1.82, 2.24) is 5.32 Å². The number of hydrogen-bond donors (Lipinski definition) is 3. The molecule has 3 N–H and O–H groups in total. The summed E-state index contributed by atoms with van der Waals surface area (Å²) >= 11 is 0. The van der Waals surface area contributed by atoms with Gasteiger partial charge in [0.1, 0.15) is 0 Å². The van der Waals surface area contributed by atoms with Gasteiger partial charge in [0.25, 0.3) is 0 Å². The summed E-state index contributed by atoms with van der Waals surface area (Å²) in [5.74, 6) is -0.922. The number of carbonyl (C=O) groups excluding carboxylic acids is 1. The molecule has 0 fully saturated rings. The third kappa shape index (κ3) is 3.71. The van der Waals surface area contributed by atoms with Gasteiger partial charge in [-0.25, -0.2) is 0 Å². The molecule has 0 saturated heterocycles. The normalized spacial score (nSPS) is 17.2. The predicted octanol–water partition coefficient (Wildman–Crippen LogP) is 1.25. The van der Waals surface area contributed by atoms with Crippen LogP contribution in [0.5, 0.6) is 0 Å². The van der Waals surface area contributed by atoms with Gasteiger partial charge >= 0.3 is 5.97 Å². The van der Waals surface area contributed by atoms with E-state index in [4.69, 9.17) is 5.11 Å². The van der Waals surface area contributed by atoms with Crippen LogP contribution in [-0.4, -0.2) is 30.1 Å². The van der Waals surface area contributed by atoms with Crippen molar-refractivity contribution in [3.05, 3.63) is 29.8 Å². The lowest BCUT2D eigenvalue weighted by molar-refractivity contribution is -0.137. The van der Waals surface area contributed by atoms with E-state index < -0.39 is 5.97 Å². The van der Waals surface area contributed by atoms with Crippen LogP contribution < -0.4 is 10.6 Å². The average Bonchev–Trinajstić information content (AvgIpc) is 2.42. The third-order valence-electron chi connectivity index (χ3n) is 3.26. The second-order valence-electron chi connectivity index (χ2n) is 4.73. The summed E-state index contributed by atoms with van der Waals surface area (Å²) in [4.78, 5) is 22.3. The van der Waals surface area contributed by atoms with E-state index in [0.717, 1.165) is 17.7 Å². The number of carboxylic acid groups (broad SMARTS) is 1. The Morgan fingerprint density at radius 3 is 2.95 bits per heavy atom. The SMILES string of the molecule is O=C(O)CCCNC(=O)C1CNc2ccccc2C1. The van der Waals surface area contributed by atoms with Gasteiger partial charge in [-0.1, -0.05) is 18.2 Å². The summed E-state index contributed by atoms with van der Waals surface area (Å²) in [6, 6.07) is 7.97. The van der Waals surface area contributed by atoms with Crippen LogP contribution in [0.3, 0.4) is 0 Å². The van der Waals surface area contributed by atoms with Crippen LogP contribution in [-0.2, 0) is 16.0 Å². The number of benzene rings is 1. The molecule has 1 heterocycles. The maximum Gasteiger partial charge on any atom is 0.303 e. The minimum Gasteiger partial charge on any atom is -0.481 e. The van der Waals surface area contributed by atoms with Gasteiger partial charge < -0.3 is 15.7 Å². The third-order valence-corrected chi connectivity index (χ3v) is 3.26. The van der Waals surface area contributed by atoms with Crippen LogP contribution in [0, 0.1) is 5.92 Å². The van der Waals surface area contributed by atoms with Crippen molar-refractivity contribution >= 4 is 17.6 Å². The van der Waals surface area contributed by atoms with E-state index in [0.29, 0.717) is 19.5 Å². The summed E-state index contributed by atoms with van der Waals surface area (Å²) < 4.78 is 0. The average molecular weight is 262 g/mol. The lowest BCUT2D eigenvalue weighted by Crippen LogP contribution is -2.38. The number of aliphatic carboxylic acids is 1. The fourth-order valence-corrected chi connectivity index (χ4v) is 2.22. The summed E-state index contributed by atoms with van der Waals surface area (Å²) in [5.41, 5.74) is 2.25. The molecule has 1 aliphatic rings. The number of hydrogen-bond acceptors (Lipinski definition) is 3. The topological polar surface area (TPSA) is 78.4 Å². The summed E-state index contributed by atoms with van der Waals surface area (Å²) in [5, 5.41) is 14.6. The van der Waals surface area contributed by atoms with E-state index in [1.165, 1.54) is 0 Å². The van der Waals surface area contributed by atoms with Gasteiger partial charge in [-0.2, -0.15) is 0 Å². The minimum atomic E-state index is -0.831. The summed E-state index contributed by atoms with van der Waals surface area (Å²) in [7, 11) is 0. The maximum absolute atomic E-state index is 12.0. The molecular weight excluding hydrogens is 244 g/mol. The molecule has 5 heteroatoms. The van der Waals surface area contributed by atoms with Crippen molar-refractivity contribution in [3.8, 4) is 0 Å². The molecule has 1 aromatic rings. The summed E-state index contributed by atoms with van der Waals surface area (Å²) in [6.45, 7) is 1.05. The first-order valence-electron chi connectivity index (χ1n) is 6.48. The van der Waals surface area contributed by atoms with E-state index >= 15 is 0 Å². The van der Waals surface area contributed by atoms with Gasteiger partial charge in [0.05, 0.1) is 5.92 Å². The lowest BCUT2D eigenvalue weighted by atomic mass is 9.93. The van der Waals surface area contributed by atoms with Crippen LogP contribution in [0.4, 0.5) is 5.69 Å². The molecule has 0 spiro atoms. The van der Waals surface area contributed by atoms with Crippen molar-refractivity contribution in [3.63, 3.8) is 0 Å². The Morgan fingerprint density at radius 1 is 1.37 bits per heavy atom. The maximum atomic E-state index is 12.0. The fraction of sp³-hybridized carbons (Fsp3) is 0.429. The van der Waals surface area contributed by atoms with Gasteiger partial charge in [-0.05, 0) is 24.5 Å². The molecule has 1 amide bonds.